The molecule has 21 heavy (non-hydrogen) atoms. The number of carboxylic acid groups (broad SMARTS) is 1. The third-order valence-electron chi connectivity index (χ3n) is 3.48. The number of β-amino-alcohol motifs (C(OH)–C–C–N with tert-alkyl or cyclic N) is 1. The van der Waals surface area contributed by atoms with E-state index in [4.69, 9.17) is 16.7 Å². The fraction of sp³-hybridized carbons (Fsp3) is 0.500. The van der Waals surface area contributed by atoms with Crippen LogP contribution in [0.4, 0.5) is 0 Å². The maximum Gasteiger partial charge on any atom is 0.326 e. The number of aliphatic hydroxyl groups is 1. The third kappa shape index (κ3) is 3.33. The minimum Gasteiger partial charge on any atom is -0.480 e. The van der Waals surface area contributed by atoms with Crippen LogP contribution in [-0.2, 0) is 4.79 Å². The van der Waals surface area contributed by atoms with Crippen LogP contribution in [0.2, 0.25) is 5.15 Å². The van der Waals surface area contributed by atoms with Crippen LogP contribution >= 0.6 is 11.6 Å². The number of pyridine rings is 1. The molecule has 1 saturated heterocycles. The van der Waals surface area contributed by atoms with Crippen LogP contribution in [0.5, 0.6) is 0 Å². The number of carbonyl (C=O) groups excluding carboxylic acids is 1. The number of halogens is 1. The van der Waals surface area contributed by atoms with Crippen molar-refractivity contribution in [2.75, 3.05) is 6.54 Å². The van der Waals surface area contributed by atoms with Gasteiger partial charge in [0.2, 0.25) is 0 Å². The Morgan fingerprint density at radius 1 is 1.43 bits per heavy atom. The molecule has 0 unspecified atom stereocenters. The Balaban J connectivity index is 2.33. The second-order valence-electron chi connectivity index (χ2n) is 5.46. The van der Waals surface area contributed by atoms with Crippen molar-refractivity contribution in [1.29, 1.82) is 0 Å². The molecule has 1 aliphatic rings. The van der Waals surface area contributed by atoms with E-state index < -0.39 is 24.0 Å². The molecular formula is C14H17ClN2O4. The quantitative estimate of drug-likeness (QED) is 0.826. The number of likely N-dealkylation sites (tertiary alicyclic amines) is 1. The highest BCUT2D eigenvalue weighted by atomic mass is 35.5. The van der Waals surface area contributed by atoms with Gasteiger partial charge in [-0.2, -0.15) is 0 Å². The molecule has 0 radical (unpaired) electrons. The average molecular weight is 313 g/mol. The minimum absolute atomic E-state index is 0.00670. The van der Waals surface area contributed by atoms with Crippen molar-refractivity contribution in [1.82, 2.24) is 9.88 Å². The molecular weight excluding hydrogens is 296 g/mol. The van der Waals surface area contributed by atoms with Gasteiger partial charge in [0.25, 0.3) is 5.91 Å². The SMILES string of the molecule is CC(C)c1cc(C(=O)N2C[C@@H](O)C[C@H]2C(=O)O)cc(Cl)n1. The molecule has 1 aromatic heterocycles. The highest BCUT2D eigenvalue weighted by Crippen LogP contribution is 2.24. The number of amides is 1. The zero-order valence-electron chi connectivity index (χ0n) is 11.8. The molecule has 2 heterocycles. The number of hydrogen-bond donors (Lipinski definition) is 2. The van der Waals surface area contributed by atoms with Gasteiger partial charge in [0.05, 0.1) is 6.10 Å². The lowest BCUT2D eigenvalue weighted by molar-refractivity contribution is -0.141. The molecule has 6 nitrogen and oxygen atoms in total. The first-order valence-electron chi connectivity index (χ1n) is 6.69. The molecule has 1 fully saturated rings. The van der Waals surface area contributed by atoms with Gasteiger partial charge in [-0.05, 0) is 18.1 Å². The second-order valence-corrected chi connectivity index (χ2v) is 5.85. The van der Waals surface area contributed by atoms with Gasteiger partial charge in [-0.1, -0.05) is 25.4 Å². The van der Waals surface area contributed by atoms with E-state index in [9.17, 15) is 14.7 Å². The van der Waals surface area contributed by atoms with Crippen LogP contribution in [0, 0.1) is 0 Å². The van der Waals surface area contributed by atoms with Gasteiger partial charge >= 0.3 is 5.97 Å². The predicted octanol–water partition coefficient (Wildman–Crippen LogP) is 1.52. The van der Waals surface area contributed by atoms with Crippen molar-refractivity contribution in [3.63, 3.8) is 0 Å². The summed E-state index contributed by atoms with van der Waals surface area (Å²) in [5.41, 5.74) is 0.955. The van der Waals surface area contributed by atoms with Crippen molar-refractivity contribution >= 4 is 23.5 Å². The molecule has 0 spiro atoms. The van der Waals surface area contributed by atoms with Crippen molar-refractivity contribution in [3.05, 3.63) is 28.5 Å². The number of carbonyl (C=O) groups is 2. The van der Waals surface area contributed by atoms with Crippen LogP contribution in [0.1, 0.15) is 42.2 Å². The Kier molecular flexibility index (Phi) is 4.49. The maximum absolute atomic E-state index is 12.5. The molecule has 2 atom stereocenters. The Labute approximate surface area is 127 Å². The lowest BCUT2D eigenvalue weighted by atomic mass is 10.1. The molecule has 114 valence electrons. The summed E-state index contributed by atoms with van der Waals surface area (Å²) in [6.45, 7) is 3.85. The number of hydrogen-bond acceptors (Lipinski definition) is 4. The highest BCUT2D eigenvalue weighted by molar-refractivity contribution is 6.29. The van der Waals surface area contributed by atoms with Crippen molar-refractivity contribution in [3.8, 4) is 0 Å². The summed E-state index contributed by atoms with van der Waals surface area (Å²) >= 11 is 5.92. The molecule has 2 N–H and O–H groups in total. The second kappa shape index (κ2) is 5.99. The normalized spacial score (nSPS) is 21.9. The molecule has 7 heteroatoms. The number of carboxylic acids is 1. The van der Waals surface area contributed by atoms with E-state index in [1.54, 1.807) is 6.07 Å². The van der Waals surface area contributed by atoms with Gasteiger partial charge in [0.1, 0.15) is 11.2 Å². The van der Waals surface area contributed by atoms with E-state index in [0.29, 0.717) is 11.3 Å². The first-order valence-corrected chi connectivity index (χ1v) is 7.06. The first-order chi connectivity index (χ1) is 9.79. The monoisotopic (exact) mass is 312 g/mol. The summed E-state index contributed by atoms with van der Waals surface area (Å²) in [6.07, 6.45) is -0.784. The first kappa shape index (κ1) is 15.7. The van der Waals surface area contributed by atoms with Crippen molar-refractivity contribution in [2.45, 2.75) is 38.3 Å². The molecule has 1 amide bonds. The van der Waals surface area contributed by atoms with Gasteiger partial charge in [-0.15, -0.1) is 0 Å². The summed E-state index contributed by atoms with van der Waals surface area (Å²) < 4.78 is 0. The largest absolute Gasteiger partial charge is 0.480 e. The fourth-order valence-corrected chi connectivity index (χ4v) is 2.59. The van der Waals surface area contributed by atoms with E-state index in [0.717, 1.165) is 0 Å². The Morgan fingerprint density at radius 3 is 2.67 bits per heavy atom. The molecule has 0 bridgehead atoms. The summed E-state index contributed by atoms with van der Waals surface area (Å²) in [4.78, 5) is 29.0. The topological polar surface area (TPSA) is 90.7 Å². The van der Waals surface area contributed by atoms with E-state index >= 15 is 0 Å². The summed E-state index contributed by atoms with van der Waals surface area (Å²) in [7, 11) is 0. The average Bonchev–Trinajstić information content (AvgIpc) is 2.79. The van der Waals surface area contributed by atoms with Gasteiger partial charge in [0, 0.05) is 24.2 Å². The Bertz CT molecular complexity index is 576. The molecule has 2 rings (SSSR count). The Hall–Kier alpha value is -1.66. The molecule has 0 aromatic carbocycles. The Morgan fingerprint density at radius 2 is 2.10 bits per heavy atom. The van der Waals surface area contributed by atoms with Gasteiger partial charge < -0.3 is 15.1 Å². The van der Waals surface area contributed by atoms with Crippen molar-refractivity contribution < 1.29 is 19.8 Å². The smallest absolute Gasteiger partial charge is 0.326 e. The van der Waals surface area contributed by atoms with Gasteiger partial charge in [0.15, 0.2) is 0 Å². The fourth-order valence-electron chi connectivity index (χ4n) is 2.37. The number of aliphatic hydroxyl groups excluding tert-OH is 1. The molecule has 0 saturated carbocycles. The van der Waals surface area contributed by atoms with Crippen LogP contribution in [-0.4, -0.2) is 50.7 Å². The van der Waals surface area contributed by atoms with Crippen LogP contribution in [0.15, 0.2) is 12.1 Å². The number of aromatic nitrogens is 1. The highest BCUT2D eigenvalue weighted by Gasteiger charge is 2.39. The summed E-state index contributed by atoms with van der Waals surface area (Å²) in [5, 5.41) is 19.0. The lowest BCUT2D eigenvalue weighted by Gasteiger charge is -2.21. The molecule has 1 aromatic rings. The third-order valence-corrected chi connectivity index (χ3v) is 3.67. The van der Waals surface area contributed by atoms with Crippen LogP contribution in [0.3, 0.4) is 0 Å². The van der Waals surface area contributed by atoms with E-state index in [1.807, 2.05) is 13.8 Å². The summed E-state index contributed by atoms with van der Waals surface area (Å²) in [5.74, 6) is -1.48. The van der Waals surface area contributed by atoms with E-state index in [2.05, 4.69) is 4.98 Å². The predicted molar refractivity (Wildman–Crippen MR) is 76.4 cm³/mol. The zero-order valence-corrected chi connectivity index (χ0v) is 12.5. The number of aliphatic carboxylic acids is 1. The van der Waals surface area contributed by atoms with Crippen LogP contribution < -0.4 is 0 Å². The number of nitrogens with zero attached hydrogens (tertiary/aromatic N) is 2. The van der Waals surface area contributed by atoms with E-state index in [-0.39, 0.29) is 24.0 Å². The van der Waals surface area contributed by atoms with Gasteiger partial charge in [-0.3, -0.25) is 4.79 Å². The molecule has 1 aliphatic heterocycles. The van der Waals surface area contributed by atoms with Crippen molar-refractivity contribution in [2.24, 2.45) is 0 Å². The standard InChI is InChI=1S/C14H17ClN2O4/c1-7(2)10-3-8(4-12(15)16-10)13(19)17-6-9(18)5-11(17)14(20)21/h3-4,7,9,11,18H,5-6H2,1-2H3,(H,20,21)/t9-,11-/m0/s1. The zero-order chi connectivity index (χ0) is 15.7. The maximum atomic E-state index is 12.5. The summed E-state index contributed by atoms with van der Waals surface area (Å²) in [6, 6.07) is 2.02. The minimum atomic E-state index is -1.12. The molecule has 0 aliphatic carbocycles. The van der Waals surface area contributed by atoms with Crippen LogP contribution in [0.25, 0.3) is 0 Å². The van der Waals surface area contributed by atoms with Gasteiger partial charge in [-0.25, -0.2) is 9.78 Å². The lowest BCUT2D eigenvalue weighted by Crippen LogP contribution is -2.40. The number of rotatable bonds is 3. The van der Waals surface area contributed by atoms with E-state index in [1.165, 1.54) is 11.0 Å².